The van der Waals surface area contributed by atoms with Gasteiger partial charge in [0.15, 0.2) is 16.9 Å². The second-order valence-corrected chi connectivity index (χ2v) is 6.35. The van der Waals surface area contributed by atoms with Crippen LogP contribution in [0, 0.1) is 10.1 Å². The van der Waals surface area contributed by atoms with E-state index in [1.807, 2.05) is 0 Å². The fourth-order valence-corrected chi connectivity index (χ4v) is 3.13. The molecule has 2 aromatic rings. The molecule has 1 unspecified atom stereocenters. The quantitative estimate of drug-likeness (QED) is 0.445. The highest BCUT2D eigenvalue weighted by atomic mass is 35.5. The van der Waals surface area contributed by atoms with E-state index in [1.54, 1.807) is 0 Å². The van der Waals surface area contributed by atoms with Gasteiger partial charge in [-0.3, -0.25) is 0 Å². The van der Waals surface area contributed by atoms with Gasteiger partial charge in [0.25, 0.3) is 0 Å². The number of rotatable bonds is 4. The zero-order chi connectivity index (χ0) is 19.1. The lowest BCUT2D eigenvalue weighted by molar-refractivity contribution is -0.390. The van der Waals surface area contributed by atoms with Gasteiger partial charge in [0.05, 0.1) is 26.5 Å². The van der Waals surface area contributed by atoms with Crippen LogP contribution in [-0.4, -0.2) is 23.5 Å². The lowest BCUT2D eigenvalue weighted by Crippen LogP contribution is -2.09. The Kier molecular flexibility index (Phi) is 5.27. The molecule has 1 aromatic carbocycles. The van der Waals surface area contributed by atoms with E-state index < -0.39 is 55.2 Å². The van der Waals surface area contributed by atoms with E-state index in [2.05, 4.69) is 5.10 Å². The van der Waals surface area contributed by atoms with E-state index in [4.69, 9.17) is 33.5 Å². The monoisotopic (exact) mass is 418 g/mol. The number of alkyl halides is 3. The van der Waals surface area contributed by atoms with Crippen molar-refractivity contribution in [2.75, 3.05) is 5.73 Å². The van der Waals surface area contributed by atoms with Crippen molar-refractivity contribution in [3.63, 3.8) is 0 Å². The van der Waals surface area contributed by atoms with Gasteiger partial charge in [-0.2, -0.15) is 13.2 Å². The van der Waals surface area contributed by atoms with Crippen LogP contribution in [0.15, 0.2) is 12.1 Å². The van der Waals surface area contributed by atoms with Gasteiger partial charge in [-0.15, -0.1) is 4.68 Å². The molecule has 3 N–H and O–H groups in total. The zero-order valence-electron chi connectivity index (χ0n) is 11.8. The molecule has 0 amide bonds. The maximum Gasteiger partial charge on any atom is 0.416 e. The average Bonchev–Trinajstić information content (AvgIpc) is 2.75. The lowest BCUT2D eigenvalue weighted by atomic mass is 10.2. The van der Waals surface area contributed by atoms with Crippen LogP contribution >= 0.6 is 23.2 Å². The average molecular weight is 419 g/mol. The second kappa shape index (κ2) is 6.78. The van der Waals surface area contributed by atoms with Crippen molar-refractivity contribution in [2.45, 2.75) is 11.9 Å². The summed E-state index contributed by atoms with van der Waals surface area (Å²) in [5, 5.41) is 13.6. The summed E-state index contributed by atoms with van der Waals surface area (Å²) in [5.41, 5.74) is 3.85. The van der Waals surface area contributed by atoms with Crippen molar-refractivity contribution in [1.82, 2.24) is 9.78 Å². The number of aromatic nitrogens is 2. The molecule has 0 spiro atoms. The van der Waals surface area contributed by atoms with Crippen LogP contribution in [0.3, 0.4) is 0 Å². The molecule has 1 atom stereocenters. The number of nitrogens with zero attached hydrogens (tertiary/aromatic N) is 3. The summed E-state index contributed by atoms with van der Waals surface area (Å²) >= 11 is 9.15. The van der Waals surface area contributed by atoms with Crippen LogP contribution in [0.25, 0.3) is 5.69 Å². The third-order valence-electron chi connectivity index (χ3n) is 3.00. The maximum absolute atomic E-state index is 12.8. The van der Waals surface area contributed by atoms with Crippen LogP contribution in [0.4, 0.5) is 24.8 Å². The molecule has 2 rings (SSSR count). The molecule has 0 saturated carbocycles. The van der Waals surface area contributed by atoms with Gasteiger partial charge in [0.1, 0.15) is 11.3 Å². The summed E-state index contributed by atoms with van der Waals surface area (Å²) in [6, 6.07) is 1.11. The summed E-state index contributed by atoms with van der Waals surface area (Å²) in [5.74, 6) is -2.00. The minimum Gasteiger partial charge on any atom is -0.382 e. The summed E-state index contributed by atoms with van der Waals surface area (Å²) in [6.07, 6.45) is -4.72. The number of benzene rings is 1. The first-order chi connectivity index (χ1) is 11.4. The molecule has 0 fully saturated rings. The van der Waals surface area contributed by atoms with E-state index in [1.165, 1.54) is 0 Å². The van der Waals surface area contributed by atoms with Gasteiger partial charge < -0.3 is 20.4 Å². The first-order valence-corrected chi connectivity index (χ1v) is 8.12. The molecule has 25 heavy (non-hydrogen) atoms. The second-order valence-electron chi connectivity index (χ2n) is 4.61. The van der Waals surface area contributed by atoms with Crippen LogP contribution < -0.4 is 5.73 Å². The molecular formula is C11H7Cl2F3N4O4S. The van der Waals surface area contributed by atoms with Crippen molar-refractivity contribution < 1.29 is 26.9 Å². The predicted octanol–water partition coefficient (Wildman–Crippen LogP) is 3.41. The molecular weight excluding hydrogens is 412 g/mol. The van der Waals surface area contributed by atoms with Crippen LogP contribution in [0.1, 0.15) is 11.1 Å². The van der Waals surface area contributed by atoms with Gasteiger partial charge in [-0.25, -0.2) is 4.21 Å². The van der Waals surface area contributed by atoms with E-state index in [-0.39, 0.29) is 11.3 Å². The first kappa shape index (κ1) is 19.4. The van der Waals surface area contributed by atoms with Crippen LogP contribution in [-0.2, 0) is 23.0 Å². The van der Waals surface area contributed by atoms with Gasteiger partial charge in [-0.1, -0.05) is 23.2 Å². The number of halogens is 5. The van der Waals surface area contributed by atoms with Crippen molar-refractivity contribution in [3.8, 4) is 5.69 Å². The molecule has 0 aliphatic heterocycles. The molecule has 0 aliphatic rings. The van der Waals surface area contributed by atoms with Crippen molar-refractivity contribution in [2.24, 2.45) is 0 Å². The molecule has 14 heteroatoms. The number of nitro groups is 1. The Bertz CT molecular complexity index is 864. The standard InChI is InChI=1S/C11H7Cl2F3N4O4S/c12-6-1-4(11(14,15)16)2-7(13)8(6)19-9(17)5(3-25(23)24)10(18-19)20(21)22/h1-2H,3,17H2,(H,23,24). The van der Waals surface area contributed by atoms with Gasteiger partial charge >= 0.3 is 12.0 Å². The molecule has 1 heterocycles. The van der Waals surface area contributed by atoms with Crippen LogP contribution in [0.5, 0.6) is 0 Å². The molecule has 0 saturated heterocycles. The molecule has 0 radical (unpaired) electrons. The summed E-state index contributed by atoms with van der Waals surface area (Å²) in [4.78, 5) is 10.1. The topological polar surface area (TPSA) is 124 Å². The number of hydrogen-bond acceptors (Lipinski definition) is 5. The molecule has 136 valence electrons. The normalized spacial score (nSPS) is 13.0. The van der Waals surface area contributed by atoms with E-state index in [9.17, 15) is 27.5 Å². The van der Waals surface area contributed by atoms with Crippen molar-refractivity contribution in [3.05, 3.63) is 43.4 Å². The molecule has 1 aromatic heterocycles. The van der Waals surface area contributed by atoms with Crippen molar-refractivity contribution in [1.29, 1.82) is 0 Å². The Morgan fingerprint density at radius 3 is 2.28 bits per heavy atom. The SMILES string of the molecule is Nc1c(CS(=O)O)c([N+](=O)[O-])nn1-c1c(Cl)cc(C(F)(F)F)cc1Cl. The Morgan fingerprint density at radius 2 is 1.88 bits per heavy atom. The Hall–Kier alpha value is -1.89. The third kappa shape index (κ3) is 3.86. The predicted molar refractivity (Wildman–Crippen MR) is 84.1 cm³/mol. The Labute approximate surface area is 149 Å². The lowest BCUT2D eigenvalue weighted by Gasteiger charge is -2.11. The molecule has 0 bridgehead atoms. The minimum atomic E-state index is -4.72. The third-order valence-corrected chi connectivity index (χ3v) is 4.11. The Morgan fingerprint density at radius 1 is 1.36 bits per heavy atom. The highest BCUT2D eigenvalue weighted by Crippen LogP contribution is 2.39. The molecule has 8 nitrogen and oxygen atoms in total. The van der Waals surface area contributed by atoms with Gasteiger partial charge in [-0.05, 0) is 17.1 Å². The Balaban J connectivity index is 2.71. The maximum atomic E-state index is 12.8. The highest BCUT2D eigenvalue weighted by Gasteiger charge is 2.34. The number of hydrogen-bond donors (Lipinski definition) is 2. The molecule has 0 aliphatic carbocycles. The number of anilines is 1. The number of nitrogens with two attached hydrogens (primary N) is 1. The minimum absolute atomic E-state index is 0.327. The summed E-state index contributed by atoms with van der Waals surface area (Å²) < 4.78 is 58.8. The summed E-state index contributed by atoms with van der Waals surface area (Å²) in [7, 11) is 0. The fraction of sp³-hybridized carbons (Fsp3) is 0.182. The number of nitrogen functional groups attached to an aromatic ring is 1. The van der Waals surface area contributed by atoms with E-state index in [0.29, 0.717) is 16.8 Å². The van der Waals surface area contributed by atoms with E-state index in [0.717, 1.165) is 0 Å². The van der Waals surface area contributed by atoms with E-state index >= 15 is 0 Å². The highest BCUT2D eigenvalue weighted by molar-refractivity contribution is 7.78. The largest absolute Gasteiger partial charge is 0.416 e. The zero-order valence-corrected chi connectivity index (χ0v) is 14.1. The fourth-order valence-electron chi connectivity index (χ4n) is 1.96. The van der Waals surface area contributed by atoms with Crippen LogP contribution in [0.2, 0.25) is 10.0 Å². The smallest absolute Gasteiger partial charge is 0.382 e. The van der Waals surface area contributed by atoms with Crippen molar-refractivity contribution >= 4 is 45.9 Å². The van der Waals surface area contributed by atoms with Gasteiger partial charge in [0.2, 0.25) is 0 Å². The first-order valence-electron chi connectivity index (χ1n) is 6.09. The summed E-state index contributed by atoms with van der Waals surface area (Å²) in [6.45, 7) is 0. The van der Waals surface area contributed by atoms with Gasteiger partial charge in [0, 0.05) is 0 Å².